The first-order valence-electron chi connectivity index (χ1n) is 19.8. The Kier molecular flexibility index (Phi) is 8.93. The van der Waals surface area contributed by atoms with Gasteiger partial charge in [-0.05, 0) is 71.0 Å². The zero-order chi connectivity index (χ0) is 39.1. The van der Waals surface area contributed by atoms with Gasteiger partial charge >= 0.3 is 0 Å². The van der Waals surface area contributed by atoms with Gasteiger partial charge in [-0.2, -0.15) is 0 Å². The fraction of sp³-hybridized carbons (Fsp3) is 0.0377. The van der Waals surface area contributed by atoms with Gasteiger partial charge in [0.05, 0.1) is 11.0 Å². The van der Waals surface area contributed by atoms with Crippen LogP contribution in [0.5, 0.6) is 0 Å². The number of aromatic nitrogens is 4. The molecule has 5 heteroatoms. The van der Waals surface area contributed by atoms with Crippen LogP contribution in [0.4, 0.5) is 0 Å². The normalized spacial score (nSPS) is 11.6. The zero-order valence-corrected chi connectivity index (χ0v) is 33.4. The molecule has 0 atom stereocenters. The summed E-state index contributed by atoms with van der Waals surface area (Å²) in [6.07, 6.45) is 0. The lowest BCUT2D eigenvalue weighted by molar-refractivity contribution is 1.07. The summed E-state index contributed by atoms with van der Waals surface area (Å²) in [4.78, 5) is 15.8. The first kappa shape index (κ1) is 35.2. The lowest BCUT2D eigenvalue weighted by Gasteiger charge is -2.34. The highest BCUT2D eigenvalue weighted by Crippen LogP contribution is 2.33. The molecule has 2 heterocycles. The first-order chi connectivity index (χ1) is 28.6. The first-order valence-corrected chi connectivity index (χ1v) is 21.8. The molecule has 0 aliphatic rings. The summed E-state index contributed by atoms with van der Waals surface area (Å²) in [6.45, 7) is 4.25. The SMILES string of the molecule is Cc1cc(C)cc(-c2nc(-c3cccc(-n4c5ccccc5c5ccccc54)c3)nc(-c3cccc([Si](c4ccccc4)(c4ccccc4)c4ccccc4)c3)n2)c1. The van der Waals surface area contributed by atoms with E-state index in [0.29, 0.717) is 17.5 Å². The van der Waals surface area contributed by atoms with Crippen molar-refractivity contribution in [1.29, 1.82) is 0 Å². The number of para-hydroxylation sites is 2. The maximum absolute atomic E-state index is 5.32. The molecule has 58 heavy (non-hydrogen) atoms. The number of fused-ring (bicyclic) bond motifs is 3. The van der Waals surface area contributed by atoms with Gasteiger partial charge in [0, 0.05) is 33.2 Å². The van der Waals surface area contributed by atoms with E-state index in [1.54, 1.807) is 0 Å². The Morgan fingerprint density at radius 3 is 1.28 bits per heavy atom. The second-order valence-electron chi connectivity index (χ2n) is 15.0. The Hall–Kier alpha value is -7.21. The minimum Gasteiger partial charge on any atom is -0.309 e. The molecule has 0 aliphatic heterocycles. The van der Waals surface area contributed by atoms with Crippen molar-refractivity contribution < 1.29 is 0 Å². The minimum atomic E-state index is -2.79. The molecule has 4 nitrogen and oxygen atoms in total. The van der Waals surface area contributed by atoms with Crippen LogP contribution in [0.1, 0.15) is 11.1 Å². The number of benzene rings is 8. The van der Waals surface area contributed by atoms with Gasteiger partial charge < -0.3 is 4.57 Å². The molecule has 10 rings (SSSR count). The Labute approximate surface area is 339 Å². The van der Waals surface area contributed by atoms with Gasteiger partial charge in [-0.25, -0.2) is 15.0 Å². The van der Waals surface area contributed by atoms with Crippen molar-refractivity contribution in [2.75, 3.05) is 0 Å². The second-order valence-corrected chi connectivity index (χ2v) is 18.8. The van der Waals surface area contributed by atoms with Crippen LogP contribution in [-0.2, 0) is 0 Å². The van der Waals surface area contributed by atoms with Crippen LogP contribution in [0.25, 0.3) is 61.7 Å². The molecule has 0 N–H and O–H groups in total. The van der Waals surface area contributed by atoms with E-state index >= 15 is 0 Å². The molecule has 0 amide bonds. The van der Waals surface area contributed by atoms with Gasteiger partial charge in [-0.3, -0.25) is 0 Å². The van der Waals surface area contributed by atoms with Gasteiger partial charge in [-0.15, -0.1) is 0 Å². The molecule has 276 valence electrons. The topological polar surface area (TPSA) is 43.6 Å². The van der Waals surface area contributed by atoms with Crippen molar-refractivity contribution in [3.63, 3.8) is 0 Å². The number of hydrogen-bond donors (Lipinski definition) is 0. The summed E-state index contributed by atoms with van der Waals surface area (Å²) in [6, 6.07) is 74.3. The van der Waals surface area contributed by atoms with Crippen LogP contribution in [0, 0.1) is 13.8 Å². The number of nitrogens with zero attached hydrogens (tertiary/aromatic N) is 4. The molecule has 0 bridgehead atoms. The van der Waals surface area contributed by atoms with E-state index in [9.17, 15) is 0 Å². The monoisotopic (exact) mass is 760 g/mol. The predicted octanol–water partition coefficient (Wildman–Crippen LogP) is 9.96. The number of hydrogen-bond acceptors (Lipinski definition) is 3. The van der Waals surface area contributed by atoms with E-state index in [4.69, 9.17) is 15.0 Å². The fourth-order valence-corrected chi connectivity index (χ4v) is 13.6. The molecule has 0 radical (unpaired) electrons. The third kappa shape index (κ3) is 6.13. The number of rotatable bonds is 8. The van der Waals surface area contributed by atoms with E-state index in [1.165, 1.54) is 42.6 Å². The van der Waals surface area contributed by atoms with Crippen LogP contribution in [0.15, 0.2) is 206 Å². The van der Waals surface area contributed by atoms with Crippen molar-refractivity contribution in [3.05, 3.63) is 217 Å². The summed E-state index contributed by atoms with van der Waals surface area (Å²) in [7, 11) is -2.79. The van der Waals surface area contributed by atoms with Crippen LogP contribution < -0.4 is 20.7 Å². The van der Waals surface area contributed by atoms with Crippen LogP contribution >= 0.6 is 0 Å². The lowest BCUT2D eigenvalue weighted by atomic mass is 10.1. The smallest absolute Gasteiger partial charge is 0.179 e. The highest BCUT2D eigenvalue weighted by Gasteiger charge is 2.41. The second kappa shape index (κ2) is 14.7. The van der Waals surface area contributed by atoms with E-state index in [-0.39, 0.29) is 0 Å². The fourth-order valence-electron chi connectivity index (χ4n) is 8.81. The molecule has 8 aromatic carbocycles. The summed E-state index contributed by atoms with van der Waals surface area (Å²) in [5.74, 6) is 1.92. The van der Waals surface area contributed by atoms with Gasteiger partial charge in [0.1, 0.15) is 0 Å². The van der Waals surface area contributed by atoms with Gasteiger partial charge in [0.25, 0.3) is 0 Å². The molecular formula is C53H40N4Si. The van der Waals surface area contributed by atoms with Gasteiger partial charge in [0.2, 0.25) is 0 Å². The molecule has 10 aromatic rings. The molecule has 0 saturated heterocycles. The highest BCUT2D eigenvalue weighted by molar-refractivity contribution is 7.19. The van der Waals surface area contributed by atoms with Crippen molar-refractivity contribution in [2.45, 2.75) is 13.8 Å². The highest BCUT2D eigenvalue weighted by atomic mass is 28.3. The summed E-state index contributed by atoms with van der Waals surface area (Å²) in [5.41, 5.74) is 8.54. The Balaban J connectivity index is 1.19. The van der Waals surface area contributed by atoms with Crippen LogP contribution in [-0.4, -0.2) is 27.6 Å². The Morgan fingerprint density at radius 1 is 0.345 bits per heavy atom. The third-order valence-electron chi connectivity index (χ3n) is 11.2. The molecule has 0 saturated carbocycles. The van der Waals surface area contributed by atoms with E-state index in [0.717, 1.165) is 33.4 Å². The Bertz CT molecular complexity index is 2910. The summed E-state index contributed by atoms with van der Waals surface area (Å²) < 4.78 is 2.34. The molecule has 0 fully saturated rings. The third-order valence-corrected chi connectivity index (χ3v) is 16.0. The zero-order valence-electron chi connectivity index (χ0n) is 32.4. The Morgan fingerprint density at radius 2 is 0.759 bits per heavy atom. The maximum atomic E-state index is 5.32. The maximum Gasteiger partial charge on any atom is 0.179 e. The summed E-state index contributed by atoms with van der Waals surface area (Å²) >= 11 is 0. The molecule has 0 spiro atoms. The predicted molar refractivity (Wildman–Crippen MR) is 244 cm³/mol. The quantitative estimate of drug-likeness (QED) is 0.114. The van der Waals surface area contributed by atoms with E-state index < -0.39 is 8.07 Å². The summed E-state index contributed by atoms with van der Waals surface area (Å²) in [5, 5.41) is 7.67. The van der Waals surface area contributed by atoms with Crippen molar-refractivity contribution >= 4 is 50.6 Å². The van der Waals surface area contributed by atoms with E-state index in [2.05, 4.69) is 225 Å². The van der Waals surface area contributed by atoms with Gasteiger partial charge in [-0.1, -0.05) is 181 Å². The standard InChI is InChI=1S/C53H40N4Si/c1-37-32-38(2)34-41(33-37)53-55-51(39-18-16-20-42(35-39)57-49-30-14-12-28-47(49)48-29-13-15-31-50(48)57)54-52(56-53)40-19-17-27-46(36-40)58(43-21-6-3-7-22-43,44-23-8-4-9-24-44)45-25-10-5-11-26-45/h3-36H,1-2H3. The average molecular weight is 761 g/mol. The number of aryl methyl sites for hydroxylation is 2. The lowest BCUT2D eigenvalue weighted by Crippen LogP contribution is -2.74. The molecule has 0 aliphatic carbocycles. The molecular weight excluding hydrogens is 721 g/mol. The molecule has 2 aromatic heterocycles. The van der Waals surface area contributed by atoms with E-state index in [1.807, 2.05) is 0 Å². The van der Waals surface area contributed by atoms with Gasteiger partial charge in [0.15, 0.2) is 25.5 Å². The average Bonchev–Trinajstić information content (AvgIpc) is 3.62. The molecule has 0 unspecified atom stereocenters. The van der Waals surface area contributed by atoms with Crippen LogP contribution in [0.2, 0.25) is 0 Å². The minimum absolute atomic E-state index is 0.630. The van der Waals surface area contributed by atoms with Crippen molar-refractivity contribution in [3.8, 4) is 39.9 Å². The van der Waals surface area contributed by atoms with Crippen LogP contribution in [0.3, 0.4) is 0 Å². The largest absolute Gasteiger partial charge is 0.309 e. The van der Waals surface area contributed by atoms with Crippen molar-refractivity contribution in [2.24, 2.45) is 0 Å². The van der Waals surface area contributed by atoms with Crippen molar-refractivity contribution in [1.82, 2.24) is 19.5 Å².